The van der Waals surface area contributed by atoms with E-state index in [4.69, 9.17) is 22.1 Å². The fraction of sp³-hybridized carbons (Fsp3) is 0.312. The van der Waals surface area contributed by atoms with Crippen LogP contribution in [0.3, 0.4) is 0 Å². The van der Waals surface area contributed by atoms with Crippen LogP contribution in [0.1, 0.15) is 18.4 Å². The Kier molecular flexibility index (Phi) is 6.21. The molecule has 0 saturated carbocycles. The van der Waals surface area contributed by atoms with Crippen LogP contribution in [0.2, 0.25) is 5.02 Å². The van der Waals surface area contributed by atoms with Crippen molar-refractivity contribution in [1.82, 2.24) is 0 Å². The second-order valence-electron chi connectivity index (χ2n) is 4.74. The molecule has 0 fully saturated rings. The zero-order chi connectivity index (χ0) is 15.8. The van der Waals surface area contributed by atoms with Crippen LogP contribution in [-0.4, -0.2) is 13.1 Å². The van der Waals surface area contributed by atoms with Crippen LogP contribution in [0.4, 0.5) is 5.13 Å². The minimum absolute atomic E-state index is 0.449. The third kappa shape index (κ3) is 4.46. The number of nitriles is 2. The maximum absolute atomic E-state index is 8.81. The maximum atomic E-state index is 8.81. The Labute approximate surface area is 139 Å². The highest BCUT2D eigenvalue weighted by molar-refractivity contribution is 7.13. The highest BCUT2D eigenvalue weighted by atomic mass is 35.5. The van der Waals surface area contributed by atoms with Crippen molar-refractivity contribution in [3.63, 3.8) is 0 Å². The molecule has 1 aromatic carbocycles. The average Bonchev–Trinajstić information content (AvgIpc) is 2.98. The second-order valence-corrected chi connectivity index (χ2v) is 6.05. The molecule has 2 aromatic rings. The van der Waals surface area contributed by atoms with Crippen molar-refractivity contribution in [3.05, 3.63) is 46.4 Å². The van der Waals surface area contributed by atoms with E-state index >= 15 is 0 Å². The number of nitrogens with zero attached hydrogens (tertiary/aromatic N) is 4. The molecule has 22 heavy (non-hydrogen) atoms. The molecule has 0 aliphatic carbocycles. The van der Waals surface area contributed by atoms with Crippen molar-refractivity contribution in [2.75, 3.05) is 18.0 Å². The molecule has 6 heteroatoms. The second kappa shape index (κ2) is 8.38. The summed E-state index contributed by atoms with van der Waals surface area (Å²) >= 11 is 7.54. The quantitative estimate of drug-likeness (QED) is 0.731. The number of aromatic nitrogens is 1. The molecular weight excluding hydrogens is 316 g/mol. The Hall–Kier alpha value is -2.08. The van der Waals surface area contributed by atoms with Crippen molar-refractivity contribution in [3.8, 4) is 12.1 Å². The predicted molar refractivity (Wildman–Crippen MR) is 87.7 cm³/mol. The van der Waals surface area contributed by atoms with E-state index in [-0.39, 0.29) is 0 Å². The van der Waals surface area contributed by atoms with Gasteiger partial charge < -0.3 is 0 Å². The van der Waals surface area contributed by atoms with Crippen molar-refractivity contribution < 1.29 is 4.57 Å². The molecule has 0 amide bonds. The van der Waals surface area contributed by atoms with Crippen LogP contribution in [0.25, 0.3) is 0 Å². The van der Waals surface area contributed by atoms with Crippen molar-refractivity contribution in [1.29, 1.82) is 10.5 Å². The van der Waals surface area contributed by atoms with E-state index < -0.39 is 0 Å². The number of benzene rings is 1. The largest absolute Gasteiger partial charge is 0.336 e. The number of thiazole rings is 1. The lowest BCUT2D eigenvalue weighted by molar-refractivity contribution is -0.671. The summed E-state index contributed by atoms with van der Waals surface area (Å²) in [5.74, 6) is 0. The smallest absolute Gasteiger partial charge is 0.250 e. The summed E-state index contributed by atoms with van der Waals surface area (Å²) in [6, 6.07) is 12.1. The third-order valence-corrected chi connectivity index (χ3v) is 4.40. The first-order chi connectivity index (χ1) is 10.7. The molecule has 112 valence electrons. The maximum Gasteiger partial charge on any atom is 0.336 e. The van der Waals surface area contributed by atoms with E-state index in [0.29, 0.717) is 25.9 Å². The van der Waals surface area contributed by atoms with Crippen LogP contribution in [0.15, 0.2) is 35.8 Å². The topological polar surface area (TPSA) is 54.7 Å². The molecule has 0 atom stereocenters. The van der Waals surface area contributed by atoms with E-state index in [1.54, 1.807) is 11.3 Å². The Bertz CT molecular complexity index is 663. The van der Waals surface area contributed by atoms with Gasteiger partial charge in [-0.15, -0.1) is 0 Å². The van der Waals surface area contributed by atoms with Gasteiger partial charge in [-0.2, -0.15) is 10.5 Å². The van der Waals surface area contributed by atoms with Gasteiger partial charge in [0.05, 0.1) is 38.1 Å². The summed E-state index contributed by atoms with van der Waals surface area (Å²) in [4.78, 5) is 2.10. The number of rotatable bonds is 7. The van der Waals surface area contributed by atoms with Gasteiger partial charge in [0.2, 0.25) is 0 Å². The first-order valence-electron chi connectivity index (χ1n) is 6.95. The predicted octanol–water partition coefficient (Wildman–Crippen LogP) is 3.37. The van der Waals surface area contributed by atoms with Gasteiger partial charge in [-0.3, -0.25) is 4.90 Å². The van der Waals surface area contributed by atoms with Crippen LogP contribution in [-0.2, 0) is 6.54 Å². The van der Waals surface area contributed by atoms with Crippen molar-refractivity contribution in [2.45, 2.75) is 19.4 Å². The Morgan fingerprint density at radius 3 is 2.32 bits per heavy atom. The summed E-state index contributed by atoms with van der Waals surface area (Å²) in [5, 5.41) is 21.4. The summed E-state index contributed by atoms with van der Waals surface area (Å²) in [6.07, 6.45) is 2.93. The molecule has 2 rings (SSSR count). The van der Waals surface area contributed by atoms with Gasteiger partial charge in [0.15, 0.2) is 0 Å². The van der Waals surface area contributed by atoms with Crippen molar-refractivity contribution >= 4 is 28.1 Å². The monoisotopic (exact) mass is 331 g/mol. The number of halogens is 1. The molecule has 0 radical (unpaired) electrons. The first-order valence-corrected chi connectivity index (χ1v) is 8.20. The van der Waals surface area contributed by atoms with Gasteiger partial charge in [-0.25, -0.2) is 4.57 Å². The zero-order valence-electron chi connectivity index (χ0n) is 12.1. The van der Waals surface area contributed by atoms with Gasteiger partial charge in [-0.05, 0) is 17.7 Å². The summed E-state index contributed by atoms with van der Waals surface area (Å²) in [5.41, 5.74) is 1.16. The van der Waals surface area contributed by atoms with Crippen molar-refractivity contribution in [2.24, 2.45) is 0 Å². The molecule has 4 nitrogen and oxygen atoms in total. The standard InChI is InChI=1S/C16H16ClN4S/c17-15-5-3-14(4-6-15)13-21-11-12-22-16(21)20(9-1-7-18)10-2-8-19/h3-6,11-12H,1-2,9-10,13H2/q+1. The summed E-state index contributed by atoms with van der Waals surface area (Å²) in [6.45, 7) is 2.02. The van der Waals surface area contributed by atoms with Crippen LogP contribution >= 0.6 is 22.9 Å². The Morgan fingerprint density at radius 2 is 1.73 bits per heavy atom. The van der Waals surface area contributed by atoms with E-state index in [0.717, 1.165) is 22.3 Å². The van der Waals surface area contributed by atoms with Crippen LogP contribution < -0.4 is 9.47 Å². The van der Waals surface area contributed by atoms with E-state index in [2.05, 4.69) is 21.6 Å². The molecule has 0 aliphatic rings. The van der Waals surface area contributed by atoms with E-state index in [1.165, 1.54) is 0 Å². The van der Waals surface area contributed by atoms with Gasteiger partial charge >= 0.3 is 5.13 Å². The number of anilines is 1. The molecule has 0 unspecified atom stereocenters. The van der Waals surface area contributed by atoms with E-state index in [1.807, 2.05) is 35.8 Å². The Morgan fingerprint density at radius 1 is 1.09 bits per heavy atom. The molecule has 0 N–H and O–H groups in total. The first kappa shape index (κ1) is 16.3. The highest BCUT2D eigenvalue weighted by Crippen LogP contribution is 2.18. The lowest BCUT2D eigenvalue weighted by Crippen LogP contribution is -2.40. The van der Waals surface area contributed by atoms with Gasteiger partial charge in [0.1, 0.15) is 12.7 Å². The minimum Gasteiger partial charge on any atom is -0.250 e. The fourth-order valence-electron chi connectivity index (χ4n) is 2.13. The normalized spacial score (nSPS) is 9.95. The van der Waals surface area contributed by atoms with Crippen LogP contribution in [0.5, 0.6) is 0 Å². The molecule has 1 heterocycles. The third-order valence-electron chi connectivity index (χ3n) is 3.18. The van der Waals surface area contributed by atoms with Gasteiger partial charge in [0, 0.05) is 10.4 Å². The van der Waals surface area contributed by atoms with Crippen LogP contribution in [0, 0.1) is 22.7 Å². The average molecular weight is 332 g/mol. The molecule has 1 aromatic heterocycles. The van der Waals surface area contributed by atoms with Gasteiger partial charge in [-0.1, -0.05) is 35.1 Å². The lowest BCUT2D eigenvalue weighted by Gasteiger charge is -2.14. The zero-order valence-corrected chi connectivity index (χ0v) is 13.6. The van der Waals surface area contributed by atoms with Gasteiger partial charge in [0.25, 0.3) is 0 Å². The Balaban J connectivity index is 2.16. The molecular formula is C16H16ClN4S+. The lowest BCUT2D eigenvalue weighted by atomic mass is 10.2. The SMILES string of the molecule is N#CCCN(CCC#N)c1scc[n+]1Cc1ccc(Cl)cc1. The number of hydrogen-bond donors (Lipinski definition) is 0. The van der Waals surface area contributed by atoms with E-state index in [9.17, 15) is 0 Å². The summed E-state index contributed by atoms with van der Waals surface area (Å²) in [7, 11) is 0. The number of hydrogen-bond acceptors (Lipinski definition) is 4. The minimum atomic E-state index is 0.449. The molecule has 0 spiro atoms. The summed E-state index contributed by atoms with van der Waals surface area (Å²) < 4.78 is 2.14. The molecule has 0 aliphatic heterocycles. The fourth-order valence-corrected chi connectivity index (χ4v) is 3.18. The molecule has 0 bridgehead atoms. The molecule has 0 saturated heterocycles. The highest BCUT2D eigenvalue weighted by Gasteiger charge is 2.20.